The molecule has 1 amide bonds. The van der Waals surface area contributed by atoms with Crippen LogP contribution in [0.2, 0.25) is 0 Å². The summed E-state index contributed by atoms with van der Waals surface area (Å²) >= 11 is 0. The third-order valence-corrected chi connectivity index (χ3v) is 7.81. The Labute approximate surface area is 259 Å². The van der Waals surface area contributed by atoms with Gasteiger partial charge in [-0.1, -0.05) is 48.5 Å². The zero-order valence-electron chi connectivity index (χ0n) is 23.9. The highest BCUT2D eigenvalue weighted by atomic mass is 35.5. The van der Waals surface area contributed by atoms with Crippen molar-refractivity contribution in [2.75, 3.05) is 39.3 Å². The zero-order chi connectivity index (χ0) is 28.1. The molecule has 5 rings (SSSR count). The lowest BCUT2D eigenvalue weighted by molar-refractivity contribution is -0.384. The van der Waals surface area contributed by atoms with Gasteiger partial charge in [0.05, 0.1) is 16.5 Å². The van der Waals surface area contributed by atoms with E-state index in [-0.39, 0.29) is 47.4 Å². The number of carbonyl (C=O) groups is 1. The quantitative estimate of drug-likeness (QED) is 0.162. The number of benzene rings is 3. The van der Waals surface area contributed by atoms with Crippen LogP contribution < -0.4 is 0 Å². The van der Waals surface area contributed by atoms with E-state index < -0.39 is 0 Å². The fourth-order valence-electron chi connectivity index (χ4n) is 5.60. The van der Waals surface area contributed by atoms with Crippen molar-refractivity contribution in [1.82, 2.24) is 19.7 Å². The smallest absolute Gasteiger partial charge is 0.269 e. The molecule has 1 atom stereocenters. The van der Waals surface area contributed by atoms with E-state index in [2.05, 4.69) is 46.2 Å². The van der Waals surface area contributed by atoms with Crippen molar-refractivity contribution in [2.45, 2.75) is 26.4 Å². The fraction of sp³-hybridized carbons (Fsp3) is 0.312. The number of hydrogen-bond acceptors (Lipinski definition) is 6. The van der Waals surface area contributed by atoms with Gasteiger partial charge in [0.25, 0.3) is 11.6 Å². The maximum absolute atomic E-state index is 12.9. The van der Waals surface area contributed by atoms with Crippen LogP contribution in [0.15, 0.2) is 85.1 Å². The molecule has 42 heavy (non-hydrogen) atoms. The predicted octanol–water partition coefficient (Wildman–Crippen LogP) is 6.38. The van der Waals surface area contributed by atoms with Gasteiger partial charge in [0, 0.05) is 80.7 Å². The summed E-state index contributed by atoms with van der Waals surface area (Å²) in [5.41, 5.74) is 5.18. The number of carbonyl (C=O) groups excluding carboxylic acids is 1. The van der Waals surface area contributed by atoms with E-state index in [0.29, 0.717) is 18.7 Å². The second-order valence-corrected chi connectivity index (χ2v) is 10.2. The van der Waals surface area contributed by atoms with Crippen molar-refractivity contribution in [3.63, 3.8) is 0 Å². The minimum Gasteiger partial charge on any atom is -0.339 e. The summed E-state index contributed by atoms with van der Waals surface area (Å²) in [5.74, 6) is 0.0554. The Balaban J connectivity index is 0.00000242. The first-order valence-electron chi connectivity index (χ1n) is 13.9. The van der Waals surface area contributed by atoms with Crippen molar-refractivity contribution in [2.24, 2.45) is 0 Å². The van der Waals surface area contributed by atoms with E-state index in [1.807, 2.05) is 55.3 Å². The van der Waals surface area contributed by atoms with Gasteiger partial charge in [0.15, 0.2) is 0 Å². The number of rotatable bonds is 9. The summed E-state index contributed by atoms with van der Waals surface area (Å²) in [4.78, 5) is 35.1. The number of nitro benzene ring substituents is 1. The Bertz CT molecular complexity index is 1470. The normalized spacial score (nSPS) is 14.4. The van der Waals surface area contributed by atoms with Crippen molar-refractivity contribution in [1.29, 1.82) is 0 Å². The van der Waals surface area contributed by atoms with Crippen LogP contribution in [0.3, 0.4) is 0 Å². The summed E-state index contributed by atoms with van der Waals surface area (Å²) < 4.78 is 0. The summed E-state index contributed by atoms with van der Waals surface area (Å²) in [6.07, 6.45) is 1.84. The highest BCUT2D eigenvalue weighted by molar-refractivity contribution is 5.94. The maximum Gasteiger partial charge on any atom is 0.269 e. The van der Waals surface area contributed by atoms with Crippen LogP contribution in [0.25, 0.3) is 10.9 Å². The average molecular weight is 611 g/mol. The average Bonchev–Trinajstić information content (AvgIpc) is 2.99. The lowest BCUT2D eigenvalue weighted by Crippen LogP contribution is -2.47. The molecule has 0 spiro atoms. The summed E-state index contributed by atoms with van der Waals surface area (Å²) in [7, 11) is 0. The molecule has 0 bridgehead atoms. The van der Waals surface area contributed by atoms with Crippen LogP contribution in [0, 0.1) is 10.1 Å². The number of halogens is 2. The molecule has 0 radical (unpaired) electrons. The van der Waals surface area contributed by atoms with Crippen LogP contribution in [0.4, 0.5) is 5.69 Å². The third kappa shape index (κ3) is 7.25. The number of piperazine rings is 1. The molecule has 1 aliphatic heterocycles. The highest BCUT2D eigenvalue weighted by Gasteiger charge is 2.28. The SMILES string of the molecule is CCN(CC)C(=O)c1ccc(C(c2cccc3cccnc23)N2CCN(Cc3ccc([N+](=O)[O-])cc3)CC2)cc1.Cl.Cl. The molecule has 1 saturated heterocycles. The van der Waals surface area contributed by atoms with Gasteiger partial charge in [-0.3, -0.25) is 29.7 Å². The van der Waals surface area contributed by atoms with Crippen LogP contribution >= 0.6 is 24.8 Å². The number of hydrogen-bond donors (Lipinski definition) is 0. The second-order valence-electron chi connectivity index (χ2n) is 10.2. The van der Waals surface area contributed by atoms with Crippen molar-refractivity contribution >= 4 is 47.3 Å². The van der Waals surface area contributed by atoms with Crippen molar-refractivity contribution in [3.8, 4) is 0 Å². The first-order valence-corrected chi connectivity index (χ1v) is 13.9. The highest BCUT2D eigenvalue weighted by Crippen LogP contribution is 2.34. The Morgan fingerprint density at radius 1 is 0.905 bits per heavy atom. The third-order valence-electron chi connectivity index (χ3n) is 7.81. The minimum absolute atomic E-state index is 0. The second kappa shape index (κ2) is 15.1. The minimum atomic E-state index is -0.364. The van der Waals surface area contributed by atoms with E-state index in [0.717, 1.165) is 60.3 Å². The molecule has 0 N–H and O–H groups in total. The Kier molecular flexibility index (Phi) is 11.8. The largest absolute Gasteiger partial charge is 0.339 e. The number of non-ortho nitro benzene ring substituents is 1. The summed E-state index contributed by atoms with van der Waals surface area (Å²) in [5, 5.41) is 12.1. The molecular formula is C32H37Cl2N5O3. The number of para-hydroxylation sites is 1. The molecule has 1 aromatic heterocycles. The van der Waals surface area contributed by atoms with Gasteiger partial charge in [-0.15, -0.1) is 24.8 Å². The summed E-state index contributed by atoms with van der Waals surface area (Å²) in [6, 6.07) is 25.3. The fourth-order valence-corrected chi connectivity index (χ4v) is 5.60. The molecule has 1 fully saturated rings. The van der Waals surface area contributed by atoms with Gasteiger partial charge in [-0.2, -0.15) is 0 Å². The van der Waals surface area contributed by atoms with Crippen molar-refractivity contribution in [3.05, 3.63) is 117 Å². The standard InChI is InChI=1S/C32H35N5O3.2ClH/c1-3-35(4-2)32(38)27-14-12-26(13-15-27)31(29-9-5-7-25-8-6-18-33-30(25)29)36-21-19-34(20-22-36)23-24-10-16-28(17-11-24)37(39)40;;/h5-18,31H,3-4,19-23H2,1-2H3;2*1H. The topological polar surface area (TPSA) is 82.8 Å². The molecule has 0 saturated carbocycles. The molecule has 3 aromatic carbocycles. The molecular weight excluding hydrogens is 573 g/mol. The van der Waals surface area contributed by atoms with Crippen LogP contribution in [0.1, 0.15) is 46.9 Å². The number of aromatic nitrogens is 1. The molecule has 2 heterocycles. The monoisotopic (exact) mass is 609 g/mol. The zero-order valence-corrected chi connectivity index (χ0v) is 25.5. The van der Waals surface area contributed by atoms with E-state index in [9.17, 15) is 14.9 Å². The Hall–Kier alpha value is -3.56. The number of amides is 1. The molecule has 4 aromatic rings. The predicted molar refractivity (Wildman–Crippen MR) is 172 cm³/mol. The number of nitrogens with zero attached hydrogens (tertiary/aromatic N) is 5. The number of fused-ring (bicyclic) bond motifs is 1. The van der Waals surface area contributed by atoms with Gasteiger partial charge >= 0.3 is 0 Å². The molecule has 10 heteroatoms. The lowest BCUT2D eigenvalue weighted by Gasteiger charge is -2.40. The van der Waals surface area contributed by atoms with Gasteiger partial charge in [0.2, 0.25) is 0 Å². The Morgan fingerprint density at radius 2 is 1.55 bits per heavy atom. The van der Waals surface area contributed by atoms with Gasteiger partial charge < -0.3 is 4.90 Å². The van der Waals surface area contributed by atoms with Crippen LogP contribution in [0.5, 0.6) is 0 Å². The maximum atomic E-state index is 12.9. The number of pyridine rings is 1. The molecule has 0 aliphatic carbocycles. The molecule has 1 unspecified atom stereocenters. The number of nitro groups is 1. The van der Waals surface area contributed by atoms with E-state index in [1.165, 1.54) is 0 Å². The lowest BCUT2D eigenvalue weighted by atomic mass is 9.93. The Morgan fingerprint density at radius 3 is 2.17 bits per heavy atom. The van der Waals surface area contributed by atoms with Gasteiger partial charge in [-0.25, -0.2) is 0 Å². The first-order chi connectivity index (χ1) is 19.5. The van der Waals surface area contributed by atoms with Gasteiger partial charge in [-0.05, 0) is 43.2 Å². The van der Waals surface area contributed by atoms with E-state index in [1.54, 1.807) is 12.1 Å². The molecule has 222 valence electrons. The first kappa shape index (κ1) is 32.9. The van der Waals surface area contributed by atoms with Crippen LogP contribution in [-0.4, -0.2) is 69.8 Å². The molecule has 1 aliphatic rings. The summed E-state index contributed by atoms with van der Waals surface area (Å²) in [6.45, 7) is 9.61. The van der Waals surface area contributed by atoms with E-state index >= 15 is 0 Å². The van der Waals surface area contributed by atoms with Gasteiger partial charge in [0.1, 0.15) is 0 Å². The van der Waals surface area contributed by atoms with Crippen molar-refractivity contribution < 1.29 is 9.72 Å². The van der Waals surface area contributed by atoms with E-state index in [4.69, 9.17) is 4.98 Å². The molecule has 8 nitrogen and oxygen atoms in total. The van der Waals surface area contributed by atoms with Crippen LogP contribution in [-0.2, 0) is 6.54 Å².